The monoisotopic (exact) mass is 250 g/mol. The van der Waals surface area contributed by atoms with Gasteiger partial charge in [-0.1, -0.05) is 45.8 Å². The van der Waals surface area contributed by atoms with Gasteiger partial charge < -0.3 is 5.11 Å². The second-order valence-electron chi connectivity index (χ2n) is 5.43. The average molecular weight is 250 g/mol. The predicted octanol–water partition coefficient (Wildman–Crippen LogP) is 3.45. The highest BCUT2D eigenvalue weighted by Gasteiger charge is 2.15. The second-order valence-corrected chi connectivity index (χ2v) is 10.2. The fourth-order valence-corrected chi connectivity index (χ4v) is 1.95. The lowest BCUT2D eigenvalue weighted by molar-refractivity contribution is 0.184. The van der Waals surface area contributed by atoms with Gasteiger partial charge in [0.1, 0.15) is 14.2 Å². The highest BCUT2D eigenvalue weighted by molar-refractivity contribution is 6.83. The van der Waals surface area contributed by atoms with E-state index >= 15 is 0 Å². The van der Waals surface area contributed by atoms with Crippen molar-refractivity contribution in [2.24, 2.45) is 5.92 Å². The van der Waals surface area contributed by atoms with Crippen molar-refractivity contribution < 1.29 is 5.11 Å². The van der Waals surface area contributed by atoms with Crippen molar-refractivity contribution in [2.75, 3.05) is 0 Å². The third-order valence-corrected chi connectivity index (χ3v) is 3.13. The van der Waals surface area contributed by atoms with E-state index in [1.165, 1.54) is 0 Å². The van der Waals surface area contributed by atoms with Gasteiger partial charge in [-0.2, -0.15) is 0 Å². The Balaban J connectivity index is 4.62. The Morgan fingerprint density at radius 3 is 2.18 bits per heavy atom. The first-order chi connectivity index (χ1) is 7.90. The molecule has 0 aliphatic carbocycles. The molecule has 0 aliphatic rings. The van der Waals surface area contributed by atoms with Gasteiger partial charge >= 0.3 is 0 Å². The number of hydrogen-bond acceptors (Lipinski definition) is 1. The topological polar surface area (TPSA) is 20.2 Å². The van der Waals surface area contributed by atoms with Crippen LogP contribution >= 0.6 is 0 Å². The lowest BCUT2D eigenvalue weighted by atomic mass is 9.98. The number of aliphatic hydroxyl groups excluding tert-OH is 1. The summed E-state index contributed by atoms with van der Waals surface area (Å²) in [5.41, 5.74) is 3.34. The van der Waals surface area contributed by atoms with Gasteiger partial charge in [-0.05, 0) is 12.8 Å². The molecule has 0 aromatic heterocycles. The molecule has 1 nitrogen and oxygen atoms in total. The Hall–Kier alpha value is -0.703. The highest BCUT2D eigenvalue weighted by Crippen LogP contribution is 2.11. The van der Waals surface area contributed by atoms with Gasteiger partial charge in [0.2, 0.25) is 0 Å². The van der Waals surface area contributed by atoms with Gasteiger partial charge in [-0.25, -0.2) is 0 Å². The zero-order valence-electron chi connectivity index (χ0n) is 11.9. The zero-order chi connectivity index (χ0) is 13.3. The molecule has 2 atom stereocenters. The molecule has 0 aliphatic heterocycles. The first-order valence-electron chi connectivity index (χ1n) is 6.59. The summed E-state index contributed by atoms with van der Waals surface area (Å²) in [6.07, 6.45) is 3.29. The van der Waals surface area contributed by atoms with E-state index in [1.807, 2.05) is 0 Å². The standard InChI is InChI=1S/C15H26OSi/c1-6-8-9-11-15(16)14(10-7-2)12-13-17(3,4)5/h14-16H,6-8,10H2,1-5H3/t14-,15+/m1/s1. The Morgan fingerprint density at radius 2 is 1.71 bits per heavy atom. The van der Waals surface area contributed by atoms with Crippen molar-refractivity contribution >= 4 is 8.07 Å². The van der Waals surface area contributed by atoms with Crippen molar-refractivity contribution in [1.82, 2.24) is 0 Å². The molecule has 0 radical (unpaired) electrons. The molecule has 0 bridgehead atoms. The van der Waals surface area contributed by atoms with Crippen LogP contribution in [0.1, 0.15) is 39.5 Å². The van der Waals surface area contributed by atoms with Gasteiger partial charge in [0.05, 0.1) is 5.92 Å². The average Bonchev–Trinajstić information content (AvgIpc) is 2.23. The van der Waals surface area contributed by atoms with E-state index in [2.05, 4.69) is 56.8 Å². The maximum atomic E-state index is 10.0. The van der Waals surface area contributed by atoms with E-state index in [1.54, 1.807) is 0 Å². The Bertz CT molecular complexity index is 319. The van der Waals surface area contributed by atoms with Crippen LogP contribution in [0.2, 0.25) is 19.6 Å². The first kappa shape index (κ1) is 16.3. The maximum absolute atomic E-state index is 10.0. The summed E-state index contributed by atoms with van der Waals surface area (Å²) in [4.78, 5) is 0. The fraction of sp³-hybridized carbons (Fsp3) is 0.733. The predicted molar refractivity (Wildman–Crippen MR) is 78.2 cm³/mol. The van der Waals surface area contributed by atoms with Crippen molar-refractivity contribution in [2.45, 2.75) is 65.3 Å². The summed E-state index contributed by atoms with van der Waals surface area (Å²) in [5.74, 6) is 9.21. The summed E-state index contributed by atoms with van der Waals surface area (Å²) < 4.78 is 0. The lowest BCUT2D eigenvalue weighted by Gasteiger charge is -2.13. The van der Waals surface area contributed by atoms with Crippen molar-refractivity contribution in [3.63, 3.8) is 0 Å². The van der Waals surface area contributed by atoms with Crippen molar-refractivity contribution in [1.29, 1.82) is 0 Å². The third kappa shape index (κ3) is 9.04. The quantitative estimate of drug-likeness (QED) is 0.598. The van der Waals surface area contributed by atoms with Crippen molar-refractivity contribution in [3.8, 4) is 23.3 Å². The molecule has 0 amide bonds. The Morgan fingerprint density at radius 1 is 1.06 bits per heavy atom. The number of unbranched alkanes of at least 4 members (excludes halogenated alkanes) is 1. The smallest absolute Gasteiger partial charge is 0.129 e. The molecular weight excluding hydrogens is 224 g/mol. The fourth-order valence-electron chi connectivity index (χ4n) is 1.33. The largest absolute Gasteiger partial charge is 0.379 e. The van der Waals surface area contributed by atoms with Gasteiger partial charge in [0.25, 0.3) is 0 Å². The molecule has 17 heavy (non-hydrogen) atoms. The van der Waals surface area contributed by atoms with Gasteiger partial charge in [0.15, 0.2) is 0 Å². The first-order valence-corrected chi connectivity index (χ1v) is 10.1. The molecule has 0 aromatic carbocycles. The summed E-state index contributed by atoms with van der Waals surface area (Å²) in [5, 5.41) is 10.0. The molecule has 0 unspecified atom stereocenters. The van der Waals surface area contributed by atoms with Gasteiger partial charge in [0, 0.05) is 6.42 Å². The molecule has 96 valence electrons. The molecule has 0 fully saturated rings. The SMILES string of the molecule is CCCC#C[C@H](O)[C@@H](C#C[Si](C)(C)C)CCC. The minimum absolute atomic E-state index is 0.0241. The van der Waals surface area contributed by atoms with Crippen molar-refractivity contribution in [3.05, 3.63) is 0 Å². The number of rotatable bonds is 4. The minimum atomic E-state index is -1.35. The Labute approximate surface area is 108 Å². The number of hydrogen-bond donors (Lipinski definition) is 1. The van der Waals surface area contributed by atoms with E-state index in [9.17, 15) is 5.11 Å². The maximum Gasteiger partial charge on any atom is 0.129 e. The number of aliphatic hydroxyl groups is 1. The van der Waals surface area contributed by atoms with Crippen LogP contribution in [0, 0.1) is 29.2 Å². The normalized spacial score (nSPS) is 14.0. The van der Waals surface area contributed by atoms with Crippen LogP contribution in [-0.4, -0.2) is 19.3 Å². The minimum Gasteiger partial charge on any atom is -0.379 e. The summed E-state index contributed by atoms with van der Waals surface area (Å²) in [6.45, 7) is 10.9. The van der Waals surface area contributed by atoms with E-state index < -0.39 is 14.2 Å². The van der Waals surface area contributed by atoms with E-state index in [4.69, 9.17) is 0 Å². The zero-order valence-corrected chi connectivity index (χ0v) is 12.9. The second kappa shape index (κ2) is 8.40. The molecular formula is C15H26OSi. The molecule has 0 saturated carbocycles. The Kier molecular flexibility index (Phi) is 8.05. The molecule has 2 heteroatoms. The lowest BCUT2D eigenvalue weighted by Crippen LogP contribution is -2.21. The molecule has 0 aromatic rings. The molecule has 1 N–H and O–H groups in total. The van der Waals surface area contributed by atoms with Gasteiger partial charge in [-0.15, -0.1) is 17.4 Å². The van der Waals surface area contributed by atoms with Gasteiger partial charge in [-0.3, -0.25) is 0 Å². The summed E-state index contributed by atoms with van der Waals surface area (Å²) in [7, 11) is -1.35. The van der Waals surface area contributed by atoms with Crippen LogP contribution in [0.3, 0.4) is 0 Å². The van der Waals surface area contributed by atoms with Crippen LogP contribution in [0.15, 0.2) is 0 Å². The molecule has 0 heterocycles. The molecule has 0 spiro atoms. The van der Waals surface area contributed by atoms with Crippen LogP contribution in [-0.2, 0) is 0 Å². The highest BCUT2D eigenvalue weighted by atomic mass is 28.3. The van der Waals surface area contributed by atoms with Crippen LogP contribution < -0.4 is 0 Å². The molecule has 0 saturated heterocycles. The van der Waals surface area contributed by atoms with Crippen LogP contribution in [0.4, 0.5) is 0 Å². The van der Waals surface area contributed by atoms with Crippen LogP contribution in [0.5, 0.6) is 0 Å². The van der Waals surface area contributed by atoms with Crippen LogP contribution in [0.25, 0.3) is 0 Å². The van der Waals surface area contributed by atoms with E-state index in [0.29, 0.717) is 0 Å². The summed E-state index contributed by atoms with van der Waals surface area (Å²) in [6, 6.07) is 0. The summed E-state index contributed by atoms with van der Waals surface area (Å²) >= 11 is 0. The third-order valence-electron chi connectivity index (χ3n) is 2.24. The van der Waals surface area contributed by atoms with E-state index in [-0.39, 0.29) is 5.92 Å². The van der Waals surface area contributed by atoms with E-state index in [0.717, 1.165) is 25.7 Å². The molecule has 0 rings (SSSR count).